The summed E-state index contributed by atoms with van der Waals surface area (Å²) in [5.74, 6) is 1.69. The standard InChI is InChI=1S/C14H17N3O3/c1-19-11-4-2-10(3-5-11)8-12-16-13(20-17-12)14(18)6-7-15-9-14/h2-5,15,18H,6-9H2,1H3. The van der Waals surface area contributed by atoms with Crippen LogP contribution < -0.4 is 10.1 Å². The van der Waals surface area contributed by atoms with Crippen molar-refractivity contribution >= 4 is 0 Å². The number of β-amino-alcohol motifs (C(OH)–C–C–N with tert-alkyl or cyclic N) is 1. The van der Waals surface area contributed by atoms with Gasteiger partial charge in [0.2, 0.25) is 0 Å². The molecule has 2 N–H and O–H groups in total. The summed E-state index contributed by atoms with van der Waals surface area (Å²) in [7, 11) is 1.64. The Balaban J connectivity index is 1.73. The summed E-state index contributed by atoms with van der Waals surface area (Å²) in [6, 6.07) is 7.71. The number of hydrogen-bond donors (Lipinski definition) is 2. The largest absolute Gasteiger partial charge is 0.497 e. The van der Waals surface area contributed by atoms with Gasteiger partial charge >= 0.3 is 0 Å². The lowest BCUT2D eigenvalue weighted by Gasteiger charge is -2.14. The molecule has 106 valence electrons. The van der Waals surface area contributed by atoms with E-state index >= 15 is 0 Å². The van der Waals surface area contributed by atoms with Crippen molar-refractivity contribution in [1.29, 1.82) is 0 Å². The third-order valence-electron chi connectivity index (χ3n) is 3.52. The van der Waals surface area contributed by atoms with E-state index < -0.39 is 5.60 Å². The van der Waals surface area contributed by atoms with Gasteiger partial charge < -0.3 is 19.7 Å². The minimum absolute atomic E-state index is 0.297. The second-order valence-electron chi connectivity index (χ2n) is 5.00. The summed E-state index contributed by atoms with van der Waals surface area (Å²) < 4.78 is 10.3. The molecule has 1 aliphatic rings. The van der Waals surface area contributed by atoms with Gasteiger partial charge in [0.05, 0.1) is 7.11 Å². The molecule has 2 heterocycles. The SMILES string of the molecule is COc1ccc(Cc2noc(C3(O)CCNC3)n2)cc1. The van der Waals surface area contributed by atoms with Crippen LogP contribution in [0.3, 0.4) is 0 Å². The molecule has 1 saturated heterocycles. The van der Waals surface area contributed by atoms with Crippen LogP contribution >= 0.6 is 0 Å². The van der Waals surface area contributed by atoms with Crippen LogP contribution in [0.5, 0.6) is 5.75 Å². The Labute approximate surface area is 116 Å². The monoisotopic (exact) mass is 275 g/mol. The summed E-state index contributed by atoms with van der Waals surface area (Å²) in [5, 5.41) is 17.4. The van der Waals surface area contributed by atoms with E-state index in [1.165, 1.54) is 0 Å². The summed E-state index contributed by atoms with van der Waals surface area (Å²) >= 11 is 0. The number of aliphatic hydroxyl groups is 1. The van der Waals surface area contributed by atoms with Crippen LogP contribution in [-0.4, -0.2) is 35.4 Å². The maximum absolute atomic E-state index is 10.3. The van der Waals surface area contributed by atoms with Crippen molar-refractivity contribution in [3.05, 3.63) is 41.5 Å². The van der Waals surface area contributed by atoms with E-state index in [0.717, 1.165) is 17.9 Å². The molecule has 0 saturated carbocycles. The first kappa shape index (κ1) is 13.1. The molecular weight excluding hydrogens is 258 g/mol. The number of methoxy groups -OCH3 is 1. The topological polar surface area (TPSA) is 80.4 Å². The molecule has 1 aromatic carbocycles. The predicted octanol–water partition coefficient (Wildman–Crippen LogP) is 0.850. The Hall–Kier alpha value is -1.92. The highest BCUT2D eigenvalue weighted by atomic mass is 16.5. The van der Waals surface area contributed by atoms with Crippen molar-refractivity contribution < 1.29 is 14.4 Å². The molecule has 0 radical (unpaired) electrons. The van der Waals surface area contributed by atoms with Gasteiger partial charge in [0.15, 0.2) is 11.4 Å². The number of ether oxygens (including phenoxy) is 1. The Morgan fingerprint density at radius 3 is 2.85 bits per heavy atom. The van der Waals surface area contributed by atoms with E-state index in [0.29, 0.717) is 31.1 Å². The number of nitrogens with zero attached hydrogens (tertiary/aromatic N) is 2. The second kappa shape index (κ2) is 5.22. The van der Waals surface area contributed by atoms with Gasteiger partial charge in [0.25, 0.3) is 5.89 Å². The number of nitrogens with one attached hydrogen (secondary N) is 1. The van der Waals surface area contributed by atoms with Crippen LogP contribution in [0.4, 0.5) is 0 Å². The van der Waals surface area contributed by atoms with Gasteiger partial charge in [0.1, 0.15) is 5.75 Å². The van der Waals surface area contributed by atoms with Crippen LogP contribution in [0.1, 0.15) is 23.7 Å². The molecule has 6 heteroatoms. The Morgan fingerprint density at radius 1 is 1.40 bits per heavy atom. The summed E-state index contributed by atoms with van der Waals surface area (Å²) in [6.45, 7) is 1.21. The van der Waals surface area contributed by atoms with Crippen LogP contribution in [0.15, 0.2) is 28.8 Å². The van der Waals surface area contributed by atoms with Crippen molar-refractivity contribution in [1.82, 2.24) is 15.5 Å². The normalized spacial score (nSPS) is 22.1. The highest BCUT2D eigenvalue weighted by Gasteiger charge is 2.38. The highest BCUT2D eigenvalue weighted by molar-refractivity contribution is 5.28. The van der Waals surface area contributed by atoms with Gasteiger partial charge in [0, 0.05) is 13.0 Å². The molecular formula is C14H17N3O3. The molecule has 3 rings (SSSR count). The third kappa shape index (κ3) is 2.52. The van der Waals surface area contributed by atoms with Gasteiger partial charge in [-0.15, -0.1) is 0 Å². The van der Waals surface area contributed by atoms with Gasteiger partial charge in [-0.05, 0) is 30.7 Å². The lowest BCUT2D eigenvalue weighted by atomic mass is 10.0. The van der Waals surface area contributed by atoms with Crippen molar-refractivity contribution in [3.63, 3.8) is 0 Å². The molecule has 1 aliphatic heterocycles. The van der Waals surface area contributed by atoms with E-state index in [1.54, 1.807) is 7.11 Å². The van der Waals surface area contributed by atoms with Crippen LogP contribution in [-0.2, 0) is 12.0 Å². The fraction of sp³-hybridized carbons (Fsp3) is 0.429. The summed E-state index contributed by atoms with van der Waals surface area (Å²) in [6.07, 6.45) is 1.16. The van der Waals surface area contributed by atoms with E-state index in [1.807, 2.05) is 24.3 Å². The van der Waals surface area contributed by atoms with Crippen molar-refractivity contribution in [3.8, 4) is 5.75 Å². The summed E-state index contributed by atoms with van der Waals surface area (Å²) in [5.41, 5.74) is 0.0419. The van der Waals surface area contributed by atoms with Crippen molar-refractivity contribution in [2.45, 2.75) is 18.4 Å². The molecule has 0 bridgehead atoms. The molecule has 6 nitrogen and oxygen atoms in total. The number of aromatic nitrogens is 2. The van der Waals surface area contributed by atoms with Gasteiger partial charge in [-0.1, -0.05) is 17.3 Å². The van der Waals surface area contributed by atoms with Gasteiger partial charge in [-0.3, -0.25) is 0 Å². The smallest absolute Gasteiger partial charge is 0.259 e. The number of hydrogen-bond acceptors (Lipinski definition) is 6. The van der Waals surface area contributed by atoms with Crippen LogP contribution in [0, 0.1) is 0 Å². The first-order valence-corrected chi connectivity index (χ1v) is 6.59. The number of benzene rings is 1. The molecule has 0 spiro atoms. The van der Waals surface area contributed by atoms with E-state index in [-0.39, 0.29) is 0 Å². The molecule has 0 amide bonds. The molecule has 0 aliphatic carbocycles. The second-order valence-corrected chi connectivity index (χ2v) is 5.00. The van der Waals surface area contributed by atoms with E-state index in [4.69, 9.17) is 9.26 Å². The van der Waals surface area contributed by atoms with Crippen LogP contribution in [0.25, 0.3) is 0 Å². The van der Waals surface area contributed by atoms with Crippen molar-refractivity contribution in [2.24, 2.45) is 0 Å². The average Bonchev–Trinajstić information content (AvgIpc) is 3.10. The van der Waals surface area contributed by atoms with Crippen LogP contribution in [0.2, 0.25) is 0 Å². The first-order chi connectivity index (χ1) is 9.69. The summed E-state index contributed by atoms with van der Waals surface area (Å²) in [4.78, 5) is 4.30. The van der Waals surface area contributed by atoms with Gasteiger partial charge in [-0.2, -0.15) is 4.98 Å². The molecule has 1 unspecified atom stereocenters. The van der Waals surface area contributed by atoms with E-state index in [9.17, 15) is 5.11 Å². The molecule has 2 aromatic rings. The molecule has 1 atom stereocenters. The maximum Gasteiger partial charge on any atom is 0.259 e. The third-order valence-corrected chi connectivity index (χ3v) is 3.52. The zero-order valence-corrected chi connectivity index (χ0v) is 11.3. The number of rotatable bonds is 4. The Kier molecular flexibility index (Phi) is 3.42. The van der Waals surface area contributed by atoms with E-state index in [2.05, 4.69) is 15.5 Å². The highest BCUT2D eigenvalue weighted by Crippen LogP contribution is 2.26. The molecule has 1 aromatic heterocycles. The van der Waals surface area contributed by atoms with Gasteiger partial charge in [-0.25, -0.2) is 0 Å². The minimum Gasteiger partial charge on any atom is -0.497 e. The molecule has 20 heavy (non-hydrogen) atoms. The predicted molar refractivity (Wildman–Crippen MR) is 71.5 cm³/mol. The average molecular weight is 275 g/mol. The van der Waals surface area contributed by atoms with Crippen molar-refractivity contribution in [2.75, 3.05) is 20.2 Å². The maximum atomic E-state index is 10.3. The first-order valence-electron chi connectivity index (χ1n) is 6.59. The Morgan fingerprint density at radius 2 is 2.20 bits per heavy atom. The lowest BCUT2D eigenvalue weighted by Crippen LogP contribution is -2.28. The molecule has 1 fully saturated rings. The lowest BCUT2D eigenvalue weighted by molar-refractivity contribution is 0.0243. The Bertz CT molecular complexity index is 574. The zero-order valence-electron chi connectivity index (χ0n) is 11.3. The fourth-order valence-electron chi connectivity index (χ4n) is 2.30. The zero-order chi connectivity index (χ0) is 14.0. The fourth-order valence-corrected chi connectivity index (χ4v) is 2.30. The minimum atomic E-state index is -1.02. The quantitative estimate of drug-likeness (QED) is 0.861.